The molecule has 0 unspecified atom stereocenters. The van der Waals surface area contributed by atoms with Gasteiger partial charge in [-0.25, -0.2) is 0 Å². The van der Waals surface area contributed by atoms with Crippen LogP contribution >= 0.6 is 0 Å². The van der Waals surface area contributed by atoms with E-state index in [1.807, 2.05) is 12.1 Å². The molecule has 46 heavy (non-hydrogen) atoms. The molecule has 4 heteroatoms. The molecule has 2 aliphatic rings. The van der Waals surface area contributed by atoms with Crippen LogP contribution in [0.4, 0.5) is 0 Å². The van der Waals surface area contributed by atoms with Crippen LogP contribution < -0.4 is 10.9 Å². The van der Waals surface area contributed by atoms with Crippen LogP contribution in [0.5, 0.6) is 0 Å². The molecule has 9 rings (SSSR count). The van der Waals surface area contributed by atoms with Crippen LogP contribution in [0.25, 0.3) is 65.9 Å². The molecule has 226 valence electrons. The van der Waals surface area contributed by atoms with Gasteiger partial charge in [-0.3, -0.25) is 9.59 Å². The summed E-state index contributed by atoms with van der Waals surface area (Å²) in [4.78, 5) is 35.6. The summed E-state index contributed by atoms with van der Waals surface area (Å²) in [5.74, 6) is 0. The van der Waals surface area contributed by atoms with Crippen LogP contribution in [0, 0.1) is 0 Å². The largest absolute Gasteiger partial charge is 0.354 e. The molecule has 0 spiro atoms. The van der Waals surface area contributed by atoms with Crippen molar-refractivity contribution in [2.75, 3.05) is 0 Å². The van der Waals surface area contributed by atoms with Crippen molar-refractivity contribution in [1.29, 1.82) is 0 Å². The van der Waals surface area contributed by atoms with Crippen molar-refractivity contribution >= 4 is 43.6 Å². The molecule has 2 N–H and O–H groups in total. The molecule has 2 aliphatic carbocycles. The number of aromatic amines is 2. The van der Waals surface area contributed by atoms with E-state index in [1.54, 1.807) is 0 Å². The van der Waals surface area contributed by atoms with Gasteiger partial charge in [0.2, 0.25) is 0 Å². The maximum atomic E-state index is 14.2. The Hall–Kier alpha value is -4.96. The van der Waals surface area contributed by atoms with Gasteiger partial charge >= 0.3 is 0 Å². The summed E-state index contributed by atoms with van der Waals surface area (Å²) in [6.45, 7) is 9.02. The highest BCUT2D eigenvalue weighted by atomic mass is 16.1. The predicted molar refractivity (Wildman–Crippen MR) is 191 cm³/mol. The van der Waals surface area contributed by atoms with E-state index in [1.165, 1.54) is 33.4 Å². The normalized spacial score (nSPS) is 15.4. The number of aromatic nitrogens is 2. The summed E-state index contributed by atoms with van der Waals surface area (Å²) in [5.41, 5.74) is 12.8. The average molecular weight is 601 g/mol. The Morgan fingerprint density at radius 3 is 1.17 bits per heavy atom. The van der Waals surface area contributed by atoms with Gasteiger partial charge in [-0.2, -0.15) is 0 Å². The lowest BCUT2D eigenvalue weighted by Crippen LogP contribution is -2.23. The van der Waals surface area contributed by atoms with Crippen molar-refractivity contribution < 1.29 is 0 Å². The number of hydrogen-bond acceptors (Lipinski definition) is 2. The fourth-order valence-corrected chi connectivity index (χ4v) is 9.37. The highest BCUT2D eigenvalue weighted by molar-refractivity contribution is 6.05. The Balaban J connectivity index is 1.32. The molecular formula is C42H36N2O2. The summed E-state index contributed by atoms with van der Waals surface area (Å²) < 4.78 is 0. The van der Waals surface area contributed by atoms with Crippen LogP contribution in [0.3, 0.4) is 0 Å². The van der Waals surface area contributed by atoms with E-state index in [4.69, 9.17) is 0 Å². The van der Waals surface area contributed by atoms with Gasteiger partial charge in [0.15, 0.2) is 10.9 Å². The SMILES string of the molecule is CCC1(CC)c2ccccc2-c2cc3c(=O)c4cc5[nH]c6cc7c(cc6c(=O)c5cc4[nH]c3cc21)-c1ccccc1C7(CC)CC. The van der Waals surface area contributed by atoms with Crippen molar-refractivity contribution in [3.63, 3.8) is 0 Å². The summed E-state index contributed by atoms with van der Waals surface area (Å²) in [5, 5.41) is 2.53. The fourth-order valence-electron chi connectivity index (χ4n) is 9.37. The van der Waals surface area contributed by atoms with Crippen molar-refractivity contribution in [2.45, 2.75) is 64.2 Å². The number of fused-ring (bicyclic) bond motifs is 10. The second-order valence-electron chi connectivity index (χ2n) is 13.4. The average Bonchev–Trinajstić information content (AvgIpc) is 3.53. The molecule has 2 heterocycles. The molecule has 0 bridgehead atoms. The van der Waals surface area contributed by atoms with E-state index in [9.17, 15) is 9.59 Å². The van der Waals surface area contributed by atoms with Crippen molar-refractivity contribution in [1.82, 2.24) is 9.97 Å². The maximum absolute atomic E-state index is 14.2. The molecule has 0 fully saturated rings. The number of nitrogens with one attached hydrogen (secondary N) is 2. The fraction of sp³-hybridized carbons (Fsp3) is 0.238. The van der Waals surface area contributed by atoms with Crippen molar-refractivity contribution in [3.05, 3.63) is 128 Å². The first kappa shape index (κ1) is 27.4. The first-order chi connectivity index (χ1) is 22.4. The number of benzene rings is 5. The lowest BCUT2D eigenvalue weighted by atomic mass is 9.74. The van der Waals surface area contributed by atoms with E-state index in [2.05, 4.69) is 110 Å². The third kappa shape index (κ3) is 3.19. The second kappa shape index (κ2) is 9.29. The standard InChI is InChI=1S/C42H36N2O2/c1-5-41(6-2)31-15-11-9-13-23(31)25-17-27-37(21-33(25)41)43-35-19-30-36(20-29(35)39(27)45)44-38-22-34-26(18-28(38)40(30)46)24-14-10-12-16-32(24)42(34,7-3)8-4/h9-22H,5-8H2,1-4H3,(H,43,45)(H,44,46). The van der Waals surface area contributed by atoms with Gasteiger partial charge in [0.1, 0.15) is 0 Å². The Labute approximate surface area is 267 Å². The smallest absolute Gasteiger partial charge is 0.197 e. The summed E-state index contributed by atoms with van der Waals surface area (Å²) in [6.07, 6.45) is 3.93. The molecule has 0 aliphatic heterocycles. The summed E-state index contributed by atoms with van der Waals surface area (Å²) in [6, 6.07) is 29.6. The first-order valence-electron chi connectivity index (χ1n) is 16.8. The lowest BCUT2D eigenvalue weighted by Gasteiger charge is -2.29. The van der Waals surface area contributed by atoms with Gasteiger partial charge in [0.25, 0.3) is 0 Å². The summed E-state index contributed by atoms with van der Waals surface area (Å²) >= 11 is 0. The van der Waals surface area contributed by atoms with Crippen LogP contribution in [-0.4, -0.2) is 9.97 Å². The maximum Gasteiger partial charge on any atom is 0.197 e. The van der Waals surface area contributed by atoms with Crippen LogP contribution in [0.15, 0.2) is 94.5 Å². The van der Waals surface area contributed by atoms with Gasteiger partial charge in [-0.1, -0.05) is 76.2 Å². The molecule has 0 radical (unpaired) electrons. The number of pyridine rings is 2. The number of rotatable bonds is 4. The Morgan fingerprint density at radius 2 is 0.783 bits per heavy atom. The van der Waals surface area contributed by atoms with Crippen molar-refractivity contribution in [2.24, 2.45) is 0 Å². The minimum Gasteiger partial charge on any atom is -0.354 e. The van der Waals surface area contributed by atoms with E-state index in [-0.39, 0.29) is 21.7 Å². The topological polar surface area (TPSA) is 65.7 Å². The third-order valence-corrected chi connectivity index (χ3v) is 11.9. The first-order valence-corrected chi connectivity index (χ1v) is 16.8. The highest BCUT2D eigenvalue weighted by Gasteiger charge is 2.42. The molecule has 4 nitrogen and oxygen atoms in total. The molecule has 5 aromatic carbocycles. The van der Waals surface area contributed by atoms with E-state index >= 15 is 0 Å². The molecular weight excluding hydrogens is 564 g/mol. The van der Waals surface area contributed by atoms with Gasteiger partial charge in [-0.15, -0.1) is 0 Å². The zero-order valence-corrected chi connectivity index (χ0v) is 26.7. The third-order valence-electron chi connectivity index (χ3n) is 11.9. The lowest BCUT2D eigenvalue weighted by molar-refractivity contribution is 0.491. The molecule has 0 saturated heterocycles. The van der Waals surface area contributed by atoms with Crippen LogP contribution in [0.1, 0.15) is 75.6 Å². The highest BCUT2D eigenvalue weighted by Crippen LogP contribution is 2.54. The zero-order valence-electron chi connectivity index (χ0n) is 26.7. The quantitative estimate of drug-likeness (QED) is 0.198. The zero-order chi connectivity index (χ0) is 31.5. The summed E-state index contributed by atoms with van der Waals surface area (Å²) in [7, 11) is 0. The van der Waals surface area contributed by atoms with Crippen molar-refractivity contribution in [3.8, 4) is 22.3 Å². The number of H-pyrrole nitrogens is 2. The molecule has 7 aromatic rings. The van der Waals surface area contributed by atoms with E-state index < -0.39 is 0 Å². The van der Waals surface area contributed by atoms with E-state index in [0.717, 1.165) is 47.8 Å². The van der Waals surface area contributed by atoms with Gasteiger partial charge in [0.05, 0.1) is 22.1 Å². The second-order valence-corrected chi connectivity index (χ2v) is 13.4. The van der Waals surface area contributed by atoms with E-state index in [0.29, 0.717) is 32.6 Å². The van der Waals surface area contributed by atoms with Gasteiger partial charge in [0, 0.05) is 32.4 Å². The van der Waals surface area contributed by atoms with Gasteiger partial charge < -0.3 is 9.97 Å². The van der Waals surface area contributed by atoms with Crippen LogP contribution in [-0.2, 0) is 10.8 Å². The molecule has 0 atom stereocenters. The minimum absolute atomic E-state index is 0.0160. The predicted octanol–water partition coefficient (Wildman–Crippen LogP) is 9.85. The molecule has 2 aromatic heterocycles. The monoisotopic (exact) mass is 600 g/mol. The number of hydrogen-bond donors (Lipinski definition) is 2. The minimum atomic E-state index is -0.0859. The Kier molecular flexibility index (Phi) is 5.53. The Bertz CT molecular complexity index is 2400. The molecule has 0 amide bonds. The Morgan fingerprint density at radius 1 is 0.435 bits per heavy atom. The van der Waals surface area contributed by atoms with Crippen LogP contribution in [0.2, 0.25) is 0 Å². The van der Waals surface area contributed by atoms with Gasteiger partial charge in [-0.05, 0) is 107 Å². The molecule has 0 saturated carbocycles.